The Morgan fingerprint density at radius 2 is 2.00 bits per heavy atom. The van der Waals surface area contributed by atoms with Gasteiger partial charge in [0.05, 0.1) is 0 Å². The molecule has 0 aliphatic carbocycles. The van der Waals surface area contributed by atoms with Crippen LogP contribution in [0.5, 0.6) is 0 Å². The molecule has 0 saturated heterocycles. The number of hydrogen-bond acceptors (Lipinski definition) is 4. The van der Waals surface area contributed by atoms with Gasteiger partial charge in [0.15, 0.2) is 10.8 Å². The Morgan fingerprint density at radius 3 is 2.50 bits per heavy atom. The Hall–Kier alpha value is -0.820. The van der Waals surface area contributed by atoms with Gasteiger partial charge in [-0.25, -0.2) is 4.98 Å². The summed E-state index contributed by atoms with van der Waals surface area (Å²) in [6, 6.07) is 0. The predicted molar refractivity (Wildman–Crippen MR) is 65.9 cm³/mol. The molecule has 18 heavy (non-hydrogen) atoms. The minimum absolute atomic E-state index is 0.0279. The minimum Gasteiger partial charge on any atom is -0.396 e. The average molecular weight is 282 g/mol. The van der Waals surface area contributed by atoms with Crippen LogP contribution in [0, 0.1) is 0 Å². The third kappa shape index (κ3) is 4.45. The zero-order valence-electron chi connectivity index (χ0n) is 10.2. The van der Waals surface area contributed by atoms with Crippen LogP contribution in [-0.4, -0.2) is 29.8 Å². The molecule has 0 aromatic carbocycles. The summed E-state index contributed by atoms with van der Waals surface area (Å²) in [4.78, 5) is 5.43. The van der Waals surface area contributed by atoms with E-state index < -0.39 is 11.9 Å². The molecule has 1 heterocycles. The van der Waals surface area contributed by atoms with Gasteiger partial charge in [-0.05, 0) is 12.8 Å². The van der Waals surface area contributed by atoms with E-state index in [1.165, 1.54) is 0 Å². The van der Waals surface area contributed by atoms with Crippen LogP contribution >= 0.6 is 11.3 Å². The lowest BCUT2D eigenvalue weighted by Crippen LogP contribution is -2.26. The molecular weight excluding hydrogens is 265 g/mol. The Balaban J connectivity index is 2.74. The molecule has 1 aromatic heterocycles. The second-order valence-electron chi connectivity index (χ2n) is 3.93. The number of nitrogens with zero attached hydrogens (tertiary/aromatic N) is 2. The number of rotatable bonds is 7. The maximum Gasteiger partial charge on any atom is 0.434 e. The summed E-state index contributed by atoms with van der Waals surface area (Å²) in [7, 11) is 0. The molecule has 1 aromatic rings. The molecular formula is C11H17F3N2OS. The Kier molecular flexibility index (Phi) is 5.87. The van der Waals surface area contributed by atoms with E-state index in [2.05, 4.69) is 4.98 Å². The molecule has 1 N–H and O–H groups in total. The van der Waals surface area contributed by atoms with Crippen molar-refractivity contribution in [2.45, 2.75) is 32.4 Å². The van der Waals surface area contributed by atoms with Crippen molar-refractivity contribution in [3.05, 3.63) is 11.1 Å². The van der Waals surface area contributed by atoms with Crippen LogP contribution in [0.25, 0.3) is 0 Å². The van der Waals surface area contributed by atoms with E-state index >= 15 is 0 Å². The van der Waals surface area contributed by atoms with Gasteiger partial charge in [0.25, 0.3) is 0 Å². The van der Waals surface area contributed by atoms with Gasteiger partial charge >= 0.3 is 6.18 Å². The summed E-state index contributed by atoms with van der Waals surface area (Å²) in [5, 5.41) is 10.2. The van der Waals surface area contributed by atoms with Crippen LogP contribution in [0.2, 0.25) is 0 Å². The zero-order valence-corrected chi connectivity index (χ0v) is 11.0. The molecule has 104 valence electrons. The molecule has 0 aliphatic rings. The molecule has 0 saturated carbocycles. The van der Waals surface area contributed by atoms with E-state index in [4.69, 9.17) is 5.11 Å². The van der Waals surface area contributed by atoms with E-state index in [-0.39, 0.29) is 6.61 Å². The third-order valence-electron chi connectivity index (χ3n) is 2.42. The second kappa shape index (κ2) is 6.94. The van der Waals surface area contributed by atoms with Crippen molar-refractivity contribution >= 4 is 16.5 Å². The highest BCUT2D eigenvalue weighted by molar-refractivity contribution is 7.13. The molecule has 0 aliphatic heterocycles. The fraction of sp³-hybridized carbons (Fsp3) is 0.727. The lowest BCUT2D eigenvalue weighted by molar-refractivity contribution is -0.140. The fourth-order valence-corrected chi connectivity index (χ4v) is 2.34. The van der Waals surface area contributed by atoms with Crippen molar-refractivity contribution in [3.63, 3.8) is 0 Å². The lowest BCUT2D eigenvalue weighted by atomic mass is 10.3. The van der Waals surface area contributed by atoms with Crippen molar-refractivity contribution in [2.75, 3.05) is 24.6 Å². The Morgan fingerprint density at radius 1 is 1.33 bits per heavy atom. The number of anilines is 1. The van der Waals surface area contributed by atoms with E-state index in [0.717, 1.165) is 29.6 Å². The van der Waals surface area contributed by atoms with Crippen molar-refractivity contribution in [3.8, 4) is 0 Å². The fourth-order valence-electron chi connectivity index (χ4n) is 1.45. The van der Waals surface area contributed by atoms with Gasteiger partial charge in [0, 0.05) is 25.1 Å². The highest BCUT2D eigenvalue weighted by Gasteiger charge is 2.34. The van der Waals surface area contributed by atoms with E-state index in [1.54, 1.807) is 4.90 Å². The zero-order chi connectivity index (χ0) is 13.6. The Labute approximate surface area is 108 Å². The Bertz CT molecular complexity index is 346. The molecule has 1 rings (SSSR count). The summed E-state index contributed by atoms with van der Waals surface area (Å²) in [5.41, 5.74) is -0.840. The van der Waals surface area contributed by atoms with Gasteiger partial charge in [0.2, 0.25) is 0 Å². The average Bonchev–Trinajstić information content (AvgIpc) is 2.78. The quantitative estimate of drug-likeness (QED) is 0.834. The van der Waals surface area contributed by atoms with Gasteiger partial charge in [-0.3, -0.25) is 0 Å². The summed E-state index contributed by atoms with van der Waals surface area (Å²) < 4.78 is 37.4. The molecule has 0 amide bonds. The van der Waals surface area contributed by atoms with Gasteiger partial charge < -0.3 is 10.0 Å². The van der Waals surface area contributed by atoms with E-state index in [9.17, 15) is 13.2 Å². The van der Waals surface area contributed by atoms with Gasteiger partial charge in [-0.2, -0.15) is 13.2 Å². The number of aliphatic hydroxyl groups is 1. The number of hydrogen-bond donors (Lipinski definition) is 1. The van der Waals surface area contributed by atoms with Crippen molar-refractivity contribution in [1.82, 2.24) is 4.98 Å². The normalized spacial score (nSPS) is 11.8. The van der Waals surface area contributed by atoms with Crippen LogP contribution in [-0.2, 0) is 6.18 Å². The molecule has 0 fully saturated rings. The first-order valence-electron chi connectivity index (χ1n) is 5.87. The standard InChI is InChI=1S/C11H17F3N2OS/c1-2-3-5-16(6-4-7-17)10-15-9(8-18-10)11(12,13)14/h8,17H,2-7H2,1H3. The van der Waals surface area contributed by atoms with Crippen LogP contribution in [0.15, 0.2) is 5.38 Å². The molecule has 3 nitrogen and oxygen atoms in total. The number of alkyl halides is 3. The number of thiazole rings is 1. The summed E-state index contributed by atoms with van der Waals surface area (Å²) in [5.74, 6) is 0. The molecule has 0 bridgehead atoms. The van der Waals surface area contributed by atoms with Crippen LogP contribution in [0.1, 0.15) is 31.9 Å². The maximum absolute atomic E-state index is 12.5. The summed E-state index contributed by atoms with van der Waals surface area (Å²) >= 11 is 0.999. The highest BCUT2D eigenvalue weighted by atomic mass is 32.1. The smallest absolute Gasteiger partial charge is 0.396 e. The minimum atomic E-state index is -4.39. The van der Waals surface area contributed by atoms with Crippen LogP contribution < -0.4 is 4.90 Å². The monoisotopic (exact) mass is 282 g/mol. The number of halogens is 3. The maximum atomic E-state index is 12.5. The third-order valence-corrected chi connectivity index (χ3v) is 3.32. The molecule has 0 spiro atoms. The topological polar surface area (TPSA) is 36.4 Å². The first-order chi connectivity index (χ1) is 8.49. The first kappa shape index (κ1) is 15.2. The molecule has 7 heteroatoms. The summed E-state index contributed by atoms with van der Waals surface area (Å²) in [6.07, 6.45) is -1.99. The van der Waals surface area contributed by atoms with Crippen molar-refractivity contribution in [2.24, 2.45) is 0 Å². The predicted octanol–water partition coefficient (Wildman–Crippen LogP) is 3.15. The van der Waals surface area contributed by atoms with E-state index in [1.807, 2.05) is 6.92 Å². The van der Waals surface area contributed by atoms with Crippen molar-refractivity contribution < 1.29 is 18.3 Å². The number of unbranched alkanes of at least 4 members (excludes halogenated alkanes) is 1. The van der Waals surface area contributed by atoms with Gasteiger partial charge in [-0.15, -0.1) is 11.3 Å². The van der Waals surface area contributed by atoms with E-state index in [0.29, 0.717) is 24.6 Å². The SMILES string of the molecule is CCCCN(CCCO)c1nc(C(F)(F)F)cs1. The second-order valence-corrected chi connectivity index (χ2v) is 4.77. The van der Waals surface area contributed by atoms with Crippen molar-refractivity contribution in [1.29, 1.82) is 0 Å². The highest BCUT2D eigenvalue weighted by Crippen LogP contribution is 2.33. The van der Waals surface area contributed by atoms with Crippen LogP contribution in [0.4, 0.5) is 18.3 Å². The molecule has 0 radical (unpaired) electrons. The molecule has 0 atom stereocenters. The van der Waals surface area contributed by atoms with Gasteiger partial charge in [0.1, 0.15) is 0 Å². The number of aliphatic hydroxyl groups excluding tert-OH is 1. The molecule has 0 unspecified atom stereocenters. The summed E-state index contributed by atoms with van der Waals surface area (Å²) in [6.45, 7) is 3.25. The largest absolute Gasteiger partial charge is 0.434 e. The van der Waals surface area contributed by atoms with Crippen LogP contribution in [0.3, 0.4) is 0 Å². The van der Waals surface area contributed by atoms with Gasteiger partial charge in [-0.1, -0.05) is 13.3 Å². The lowest BCUT2D eigenvalue weighted by Gasteiger charge is -2.21. The first-order valence-corrected chi connectivity index (χ1v) is 6.75. The number of aromatic nitrogens is 1.